The van der Waals surface area contributed by atoms with Crippen LogP contribution in [0.15, 0.2) is 18.3 Å². The van der Waals surface area contributed by atoms with Gasteiger partial charge in [-0.3, -0.25) is 4.79 Å². The van der Waals surface area contributed by atoms with Gasteiger partial charge < -0.3 is 11.1 Å². The monoisotopic (exact) mass is 269 g/mol. The zero-order valence-corrected chi connectivity index (χ0v) is 11.6. The number of anilines is 1. The Bertz CT molecular complexity index is 378. The van der Waals surface area contributed by atoms with E-state index in [2.05, 4.69) is 24.1 Å². The molecule has 1 heterocycles. The Balaban J connectivity index is 2.47. The molecule has 100 valence electrons. The Kier molecular flexibility index (Phi) is 6.09. The minimum atomic E-state index is -0.0547. The van der Waals surface area contributed by atoms with E-state index in [9.17, 15) is 4.79 Å². The standard InChI is InChI=1S/C13H20ClN3O/c1-9(2)5-10(7-15)6-13(18)17-12-4-3-11(14)8-16-12/h3-4,8-10H,5-7,15H2,1-2H3,(H,16,17,18). The Morgan fingerprint density at radius 2 is 2.22 bits per heavy atom. The fraction of sp³-hybridized carbons (Fsp3) is 0.538. The van der Waals surface area contributed by atoms with Crippen LogP contribution in [-0.4, -0.2) is 17.4 Å². The number of nitrogens with two attached hydrogens (primary N) is 1. The predicted octanol–water partition coefficient (Wildman–Crippen LogP) is 2.68. The van der Waals surface area contributed by atoms with Gasteiger partial charge in [-0.1, -0.05) is 25.4 Å². The average molecular weight is 270 g/mol. The number of halogens is 1. The molecule has 1 rings (SSSR count). The van der Waals surface area contributed by atoms with Crippen LogP contribution in [0.25, 0.3) is 0 Å². The summed E-state index contributed by atoms with van der Waals surface area (Å²) in [5, 5.41) is 3.29. The number of aromatic nitrogens is 1. The first-order valence-electron chi connectivity index (χ1n) is 6.12. The number of carbonyl (C=O) groups is 1. The Hall–Kier alpha value is -1.13. The van der Waals surface area contributed by atoms with Crippen molar-refractivity contribution in [3.63, 3.8) is 0 Å². The molecule has 1 aromatic rings. The number of carbonyl (C=O) groups excluding carboxylic acids is 1. The first-order valence-corrected chi connectivity index (χ1v) is 6.50. The van der Waals surface area contributed by atoms with Crippen LogP contribution in [0, 0.1) is 11.8 Å². The van der Waals surface area contributed by atoms with Gasteiger partial charge >= 0.3 is 0 Å². The van der Waals surface area contributed by atoms with Gasteiger partial charge in [0.25, 0.3) is 0 Å². The molecule has 1 atom stereocenters. The number of hydrogen-bond donors (Lipinski definition) is 2. The molecular weight excluding hydrogens is 250 g/mol. The molecule has 0 spiro atoms. The third kappa shape index (κ3) is 5.47. The normalized spacial score (nSPS) is 12.5. The van der Waals surface area contributed by atoms with E-state index in [4.69, 9.17) is 17.3 Å². The summed E-state index contributed by atoms with van der Waals surface area (Å²) in [6.45, 7) is 4.78. The summed E-state index contributed by atoms with van der Waals surface area (Å²) in [6.07, 6.45) is 2.89. The summed E-state index contributed by atoms with van der Waals surface area (Å²) in [5.41, 5.74) is 5.67. The lowest BCUT2D eigenvalue weighted by molar-refractivity contribution is -0.117. The summed E-state index contributed by atoms with van der Waals surface area (Å²) in [4.78, 5) is 15.8. The Morgan fingerprint density at radius 1 is 1.50 bits per heavy atom. The largest absolute Gasteiger partial charge is 0.330 e. The van der Waals surface area contributed by atoms with E-state index in [0.717, 1.165) is 6.42 Å². The van der Waals surface area contributed by atoms with Crippen molar-refractivity contribution in [3.8, 4) is 0 Å². The number of nitrogens with zero attached hydrogens (tertiary/aromatic N) is 1. The van der Waals surface area contributed by atoms with Gasteiger partial charge in [0.15, 0.2) is 0 Å². The lowest BCUT2D eigenvalue weighted by atomic mass is 9.94. The van der Waals surface area contributed by atoms with Crippen LogP contribution in [0.5, 0.6) is 0 Å². The van der Waals surface area contributed by atoms with Crippen molar-refractivity contribution in [2.24, 2.45) is 17.6 Å². The molecule has 0 fully saturated rings. The molecule has 1 unspecified atom stereocenters. The van der Waals surface area contributed by atoms with Crippen LogP contribution in [0.1, 0.15) is 26.7 Å². The van der Waals surface area contributed by atoms with Gasteiger partial charge in [-0.05, 0) is 36.9 Å². The van der Waals surface area contributed by atoms with E-state index < -0.39 is 0 Å². The maximum Gasteiger partial charge on any atom is 0.225 e. The molecule has 0 aliphatic heterocycles. The van der Waals surface area contributed by atoms with Gasteiger partial charge in [0, 0.05) is 12.6 Å². The third-order valence-electron chi connectivity index (χ3n) is 2.61. The van der Waals surface area contributed by atoms with Crippen LogP contribution in [0.3, 0.4) is 0 Å². The topological polar surface area (TPSA) is 68.0 Å². The van der Waals surface area contributed by atoms with Crippen LogP contribution in [0.4, 0.5) is 5.82 Å². The van der Waals surface area contributed by atoms with Gasteiger partial charge in [-0.25, -0.2) is 4.98 Å². The van der Waals surface area contributed by atoms with Gasteiger partial charge in [0.05, 0.1) is 5.02 Å². The number of rotatable bonds is 6. The Morgan fingerprint density at radius 3 is 2.72 bits per heavy atom. The molecule has 1 aromatic heterocycles. The number of pyridine rings is 1. The molecule has 0 saturated carbocycles. The maximum atomic E-state index is 11.8. The minimum absolute atomic E-state index is 0.0547. The highest BCUT2D eigenvalue weighted by molar-refractivity contribution is 6.30. The van der Waals surface area contributed by atoms with E-state index in [1.807, 2.05) is 0 Å². The van der Waals surface area contributed by atoms with Crippen molar-refractivity contribution in [2.75, 3.05) is 11.9 Å². The average Bonchev–Trinajstić information content (AvgIpc) is 2.30. The zero-order valence-electron chi connectivity index (χ0n) is 10.8. The van der Waals surface area contributed by atoms with E-state index in [-0.39, 0.29) is 11.8 Å². The van der Waals surface area contributed by atoms with Gasteiger partial charge in [-0.15, -0.1) is 0 Å². The summed E-state index contributed by atoms with van der Waals surface area (Å²) < 4.78 is 0. The second kappa shape index (κ2) is 7.34. The molecule has 18 heavy (non-hydrogen) atoms. The van der Waals surface area contributed by atoms with Crippen molar-refractivity contribution in [1.29, 1.82) is 0 Å². The molecule has 0 bridgehead atoms. The highest BCUT2D eigenvalue weighted by atomic mass is 35.5. The molecule has 5 heteroatoms. The zero-order chi connectivity index (χ0) is 13.5. The van der Waals surface area contributed by atoms with Crippen LogP contribution < -0.4 is 11.1 Å². The molecule has 3 N–H and O–H groups in total. The van der Waals surface area contributed by atoms with E-state index in [1.165, 1.54) is 6.20 Å². The van der Waals surface area contributed by atoms with Gasteiger partial charge in [0.1, 0.15) is 5.82 Å². The SMILES string of the molecule is CC(C)CC(CN)CC(=O)Nc1ccc(Cl)cn1. The van der Waals surface area contributed by atoms with Crippen molar-refractivity contribution < 1.29 is 4.79 Å². The predicted molar refractivity (Wildman–Crippen MR) is 74.5 cm³/mol. The lowest BCUT2D eigenvalue weighted by Gasteiger charge is -2.16. The number of nitrogens with one attached hydrogen (secondary N) is 1. The highest BCUT2D eigenvalue weighted by Gasteiger charge is 2.14. The van der Waals surface area contributed by atoms with Crippen molar-refractivity contribution in [3.05, 3.63) is 23.4 Å². The molecule has 0 saturated heterocycles. The molecule has 0 aliphatic carbocycles. The van der Waals surface area contributed by atoms with Crippen molar-refractivity contribution >= 4 is 23.3 Å². The third-order valence-corrected chi connectivity index (χ3v) is 2.83. The van der Waals surface area contributed by atoms with Crippen LogP contribution >= 0.6 is 11.6 Å². The molecule has 0 aliphatic rings. The van der Waals surface area contributed by atoms with Crippen molar-refractivity contribution in [1.82, 2.24) is 4.98 Å². The Labute approximate surface area is 113 Å². The fourth-order valence-corrected chi connectivity index (χ4v) is 1.95. The number of hydrogen-bond acceptors (Lipinski definition) is 3. The molecule has 4 nitrogen and oxygen atoms in total. The molecular formula is C13H20ClN3O. The second-order valence-corrected chi connectivity index (χ2v) is 5.28. The van der Waals surface area contributed by atoms with Gasteiger partial charge in [-0.2, -0.15) is 0 Å². The summed E-state index contributed by atoms with van der Waals surface area (Å²) >= 11 is 5.72. The van der Waals surface area contributed by atoms with Crippen LogP contribution in [-0.2, 0) is 4.79 Å². The quantitative estimate of drug-likeness (QED) is 0.834. The van der Waals surface area contributed by atoms with E-state index in [1.54, 1.807) is 12.1 Å². The summed E-state index contributed by atoms with van der Waals surface area (Å²) in [6, 6.07) is 3.37. The summed E-state index contributed by atoms with van der Waals surface area (Å²) in [7, 11) is 0. The van der Waals surface area contributed by atoms with E-state index >= 15 is 0 Å². The highest BCUT2D eigenvalue weighted by Crippen LogP contribution is 2.15. The lowest BCUT2D eigenvalue weighted by Crippen LogP contribution is -2.23. The second-order valence-electron chi connectivity index (χ2n) is 4.85. The molecule has 1 amide bonds. The van der Waals surface area contributed by atoms with Crippen LogP contribution in [0.2, 0.25) is 5.02 Å². The van der Waals surface area contributed by atoms with E-state index in [0.29, 0.717) is 29.7 Å². The summed E-state index contributed by atoms with van der Waals surface area (Å²) in [5.74, 6) is 1.22. The smallest absolute Gasteiger partial charge is 0.225 e. The maximum absolute atomic E-state index is 11.8. The van der Waals surface area contributed by atoms with Crippen molar-refractivity contribution in [2.45, 2.75) is 26.7 Å². The minimum Gasteiger partial charge on any atom is -0.330 e. The fourth-order valence-electron chi connectivity index (χ4n) is 1.84. The first-order chi connectivity index (χ1) is 8.51. The molecule has 0 aromatic carbocycles. The molecule has 0 radical (unpaired) electrons. The van der Waals surface area contributed by atoms with Gasteiger partial charge in [0.2, 0.25) is 5.91 Å². The first kappa shape index (κ1) is 14.9. The number of amides is 1.